The molecule has 0 saturated carbocycles. The number of sulfonamides is 1. The van der Waals surface area contributed by atoms with Crippen molar-refractivity contribution in [1.82, 2.24) is 10.1 Å². The highest BCUT2D eigenvalue weighted by Gasteiger charge is 2.28. The van der Waals surface area contributed by atoms with Crippen molar-refractivity contribution in [3.8, 4) is 22.2 Å². The summed E-state index contributed by atoms with van der Waals surface area (Å²) in [6, 6.07) is 17.4. The molecule has 6 nitrogen and oxygen atoms in total. The standard InChI is InChI=1S/C19H14ClN3O3S2/c1-23(15-8-3-2-4-9-15)28(24,25)16-10-11-27-17(16)19-21-18(22-26-19)13-6-5-7-14(20)12-13/h2-12H,1H3. The third-order valence-corrected chi connectivity index (χ3v) is 7.19. The van der Waals surface area contributed by atoms with Crippen LogP contribution in [0.3, 0.4) is 0 Å². The van der Waals surface area contributed by atoms with E-state index in [1.807, 2.05) is 6.07 Å². The summed E-state index contributed by atoms with van der Waals surface area (Å²) in [5, 5.41) is 6.20. The van der Waals surface area contributed by atoms with E-state index in [9.17, 15) is 8.42 Å². The molecular weight excluding hydrogens is 418 g/mol. The van der Waals surface area contributed by atoms with Gasteiger partial charge in [0.15, 0.2) is 0 Å². The van der Waals surface area contributed by atoms with Crippen LogP contribution in [-0.4, -0.2) is 25.6 Å². The van der Waals surface area contributed by atoms with Gasteiger partial charge in [-0.3, -0.25) is 4.31 Å². The second-order valence-electron chi connectivity index (χ2n) is 5.86. The predicted octanol–water partition coefficient (Wildman–Crippen LogP) is 4.94. The molecular formula is C19H14ClN3O3S2. The Morgan fingerprint density at radius 1 is 1.07 bits per heavy atom. The van der Waals surface area contributed by atoms with E-state index in [1.165, 1.54) is 28.8 Å². The van der Waals surface area contributed by atoms with Crippen LogP contribution in [0, 0.1) is 0 Å². The first kappa shape index (κ1) is 18.7. The van der Waals surface area contributed by atoms with Crippen LogP contribution in [0.5, 0.6) is 0 Å². The van der Waals surface area contributed by atoms with Crippen molar-refractivity contribution in [2.75, 3.05) is 11.4 Å². The molecule has 0 amide bonds. The zero-order valence-corrected chi connectivity index (χ0v) is 17.0. The fourth-order valence-electron chi connectivity index (χ4n) is 2.64. The van der Waals surface area contributed by atoms with Gasteiger partial charge in [0.1, 0.15) is 9.77 Å². The molecule has 0 N–H and O–H groups in total. The van der Waals surface area contributed by atoms with Crippen molar-refractivity contribution in [3.05, 3.63) is 71.1 Å². The molecule has 0 radical (unpaired) electrons. The lowest BCUT2D eigenvalue weighted by molar-refractivity contribution is 0.432. The van der Waals surface area contributed by atoms with Crippen LogP contribution in [0.2, 0.25) is 5.02 Å². The van der Waals surface area contributed by atoms with Crippen molar-refractivity contribution < 1.29 is 12.9 Å². The van der Waals surface area contributed by atoms with Crippen LogP contribution >= 0.6 is 22.9 Å². The minimum atomic E-state index is -3.79. The molecule has 2 heterocycles. The van der Waals surface area contributed by atoms with Gasteiger partial charge in [0.25, 0.3) is 15.9 Å². The zero-order valence-electron chi connectivity index (χ0n) is 14.6. The summed E-state index contributed by atoms with van der Waals surface area (Å²) in [6.45, 7) is 0. The van der Waals surface area contributed by atoms with Gasteiger partial charge in [0.05, 0.1) is 5.69 Å². The van der Waals surface area contributed by atoms with Crippen molar-refractivity contribution in [2.45, 2.75) is 4.90 Å². The summed E-state index contributed by atoms with van der Waals surface area (Å²) >= 11 is 7.24. The fourth-order valence-corrected chi connectivity index (χ4v) is 5.34. The number of aromatic nitrogens is 2. The average molecular weight is 432 g/mol. The second-order valence-corrected chi connectivity index (χ2v) is 9.15. The van der Waals surface area contributed by atoms with E-state index >= 15 is 0 Å². The minimum absolute atomic E-state index is 0.116. The van der Waals surface area contributed by atoms with Crippen LogP contribution in [0.25, 0.3) is 22.2 Å². The summed E-state index contributed by atoms with van der Waals surface area (Å²) in [7, 11) is -2.28. The van der Waals surface area contributed by atoms with Crippen LogP contribution in [0.15, 0.2) is 75.5 Å². The number of nitrogens with zero attached hydrogens (tertiary/aromatic N) is 3. The van der Waals surface area contributed by atoms with Crippen LogP contribution in [0.4, 0.5) is 5.69 Å². The number of halogens is 1. The van der Waals surface area contributed by atoms with E-state index in [0.29, 0.717) is 27.0 Å². The van der Waals surface area contributed by atoms with Crippen LogP contribution in [0.1, 0.15) is 0 Å². The molecule has 0 bridgehead atoms. The Labute approximate surface area is 171 Å². The maximum Gasteiger partial charge on any atom is 0.269 e. The normalized spacial score (nSPS) is 11.5. The quantitative estimate of drug-likeness (QED) is 0.447. The highest BCUT2D eigenvalue weighted by atomic mass is 35.5. The molecule has 0 saturated heterocycles. The van der Waals surface area contributed by atoms with E-state index in [2.05, 4.69) is 10.1 Å². The molecule has 2 aromatic carbocycles. The maximum atomic E-state index is 13.1. The molecule has 0 unspecified atom stereocenters. The summed E-state index contributed by atoms with van der Waals surface area (Å²) in [5.74, 6) is 0.482. The van der Waals surface area contributed by atoms with Crippen LogP contribution < -0.4 is 4.31 Å². The Kier molecular flexibility index (Phi) is 4.92. The zero-order chi connectivity index (χ0) is 19.7. The molecule has 2 aromatic heterocycles. The highest BCUT2D eigenvalue weighted by Crippen LogP contribution is 2.35. The first-order valence-corrected chi connectivity index (χ1v) is 10.9. The summed E-state index contributed by atoms with van der Waals surface area (Å²) in [6.07, 6.45) is 0. The molecule has 28 heavy (non-hydrogen) atoms. The van der Waals surface area contributed by atoms with Crippen molar-refractivity contribution in [1.29, 1.82) is 0 Å². The number of rotatable bonds is 5. The van der Waals surface area contributed by atoms with Gasteiger partial charge in [-0.25, -0.2) is 8.42 Å². The van der Waals surface area contributed by atoms with Crippen molar-refractivity contribution in [3.63, 3.8) is 0 Å². The van der Waals surface area contributed by atoms with E-state index in [4.69, 9.17) is 16.1 Å². The Bertz CT molecular complexity index is 1220. The predicted molar refractivity (Wildman–Crippen MR) is 110 cm³/mol. The maximum absolute atomic E-state index is 13.1. The number of hydrogen-bond donors (Lipinski definition) is 0. The Morgan fingerprint density at radius 2 is 1.86 bits per heavy atom. The Hall–Kier alpha value is -2.68. The van der Waals surface area contributed by atoms with E-state index < -0.39 is 10.0 Å². The lowest BCUT2D eigenvalue weighted by atomic mass is 10.2. The van der Waals surface area contributed by atoms with Gasteiger partial charge >= 0.3 is 0 Å². The highest BCUT2D eigenvalue weighted by molar-refractivity contribution is 7.93. The fraction of sp³-hybridized carbons (Fsp3) is 0.0526. The monoisotopic (exact) mass is 431 g/mol. The van der Waals surface area contributed by atoms with Crippen LogP contribution in [-0.2, 0) is 10.0 Å². The lowest BCUT2D eigenvalue weighted by Crippen LogP contribution is -2.26. The van der Waals surface area contributed by atoms with E-state index in [0.717, 1.165) is 0 Å². The lowest BCUT2D eigenvalue weighted by Gasteiger charge is -2.19. The smallest absolute Gasteiger partial charge is 0.269 e. The number of anilines is 1. The van der Waals surface area contributed by atoms with Gasteiger partial charge < -0.3 is 4.52 Å². The molecule has 0 aliphatic heterocycles. The molecule has 0 spiro atoms. The number of hydrogen-bond acceptors (Lipinski definition) is 6. The second kappa shape index (κ2) is 7.38. The van der Waals surface area contributed by atoms with Gasteiger partial charge in [-0.05, 0) is 35.7 Å². The molecule has 0 fully saturated rings. The largest absolute Gasteiger partial charge is 0.333 e. The first-order chi connectivity index (χ1) is 13.5. The third kappa shape index (κ3) is 3.42. The van der Waals surface area contributed by atoms with Gasteiger partial charge in [-0.15, -0.1) is 11.3 Å². The SMILES string of the molecule is CN(c1ccccc1)S(=O)(=O)c1ccsc1-c1nc(-c2cccc(Cl)c2)no1. The van der Waals surface area contributed by atoms with Gasteiger partial charge in [-0.1, -0.05) is 47.1 Å². The van der Waals surface area contributed by atoms with Crippen molar-refractivity contribution in [2.24, 2.45) is 0 Å². The molecule has 0 aliphatic rings. The summed E-state index contributed by atoms with van der Waals surface area (Å²) < 4.78 is 32.8. The average Bonchev–Trinajstić information content (AvgIpc) is 3.37. The number of benzene rings is 2. The van der Waals surface area contributed by atoms with Crippen molar-refractivity contribution >= 4 is 38.6 Å². The molecule has 4 rings (SSSR count). The van der Waals surface area contributed by atoms with Gasteiger partial charge in [-0.2, -0.15) is 4.98 Å². The van der Waals surface area contributed by atoms with E-state index in [-0.39, 0.29) is 10.8 Å². The molecule has 9 heteroatoms. The van der Waals surface area contributed by atoms with E-state index in [1.54, 1.807) is 53.9 Å². The van der Waals surface area contributed by atoms with Gasteiger partial charge in [0, 0.05) is 17.6 Å². The van der Waals surface area contributed by atoms with Gasteiger partial charge in [0.2, 0.25) is 5.82 Å². The topological polar surface area (TPSA) is 76.3 Å². The summed E-state index contributed by atoms with van der Waals surface area (Å²) in [5.41, 5.74) is 1.25. The number of para-hydroxylation sites is 1. The number of thiophene rings is 1. The minimum Gasteiger partial charge on any atom is -0.333 e. The Balaban J connectivity index is 1.72. The molecule has 0 atom stereocenters. The summed E-state index contributed by atoms with van der Waals surface area (Å²) in [4.78, 5) is 4.87. The Morgan fingerprint density at radius 3 is 2.61 bits per heavy atom. The third-order valence-electron chi connectivity index (χ3n) is 4.09. The molecule has 4 aromatic rings. The first-order valence-electron chi connectivity index (χ1n) is 8.18. The molecule has 142 valence electrons. The molecule has 0 aliphatic carbocycles.